The second-order valence-corrected chi connectivity index (χ2v) is 7.89. The van der Waals surface area contributed by atoms with E-state index in [1.807, 2.05) is 14.0 Å². The molecule has 0 radical (unpaired) electrons. The summed E-state index contributed by atoms with van der Waals surface area (Å²) in [7, 11) is -1.41. The Morgan fingerprint density at radius 2 is 2.17 bits per heavy atom. The molecule has 1 atom stereocenters. The zero-order valence-corrected chi connectivity index (χ0v) is 12.2. The second-order valence-electron chi connectivity index (χ2n) is 4.61. The van der Waals surface area contributed by atoms with Crippen LogP contribution in [0.1, 0.15) is 11.8 Å². The zero-order chi connectivity index (χ0) is 13.3. The van der Waals surface area contributed by atoms with Crippen molar-refractivity contribution >= 4 is 21.4 Å². The Kier molecular flexibility index (Phi) is 4.08. The average Bonchev–Trinajstić information content (AvgIpc) is 2.77. The molecule has 18 heavy (non-hydrogen) atoms. The summed E-state index contributed by atoms with van der Waals surface area (Å²) in [5, 5.41) is 9.01. The highest BCUT2D eigenvalue weighted by Crippen LogP contribution is 2.27. The molecule has 0 aromatic carbocycles. The molecule has 102 valence electrons. The minimum atomic E-state index is -3.41. The molecule has 2 rings (SSSR count). The Labute approximate surface area is 112 Å². The van der Waals surface area contributed by atoms with Crippen molar-refractivity contribution in [3.63, 3.8) is 0 Å². The van der Waals surface area contributed by atoms with Crippen LogP contribution in [0.2, 0.25) is 0 Å². The van der Waals surface area contributed by atoms with Gasteiger partial charge < -0.3 is 10.0 Å². The minimum absolute atomic E-state index is 0.0200. The van der Waals surface area contributed by atoms with Crippen LogP contribution in [0.4, 0.5) is 0 Å². The number of nitrogens with zero attached hydrogens (tertiary/aromatic N) is 2. The summed E-state index contributed by atoms with van der Waals surface area (Å²) in [6.07, 6.45) is 0. The fourth-order valence-electron chi connectivity index (χ4n) is 2.18. The summed E-state index contributed by atoms with van der Waals surface area (Å²) >= 11 is 1.14. The van der Waals surface area contributed by atoms with Crippen molar-refractivity contribution in [2.75, 3.05) is 26.7 Å². The maximum absolute atomic E-state index is 12.5. The van der Waals surface area contributed by atoms with Crippen LogP contribution in [0.5, 0.6) is 0 Å². The molecule has 1 aliphatic rings. The van der Waals surface area contributed by atoms with Crippen molar-refractivity contribution in [3.05, 3.63) is 17.0 Å². The molecule has 5 nitrogen and oxygen atoms in total. The molecule has 1 aliphatic heterocycles. The fourth-order valence-corrected chi connectivity index (χ4v) is 5.14. The van der Waals surface area contributed by atoms with Gasteiger partial charge in [-0.05, 0) is 26.1 Å². The molecule has 2 heterocycles. The number of hydrogen-bond donors (Lipinski definition) is 1. The molecule has 1 fully saturated rings. The summed E-state index contributed by atoms with van der Waals surface area (Å²) in [6, 6.07) is 3.22. The van der Waals surface area contributed by atoms with Gasteiger partial charge in [-0.2, -0.15) is 4.31 Å². The molecule has 1 saturated heterocycles. The second kappa shape index (κ2) is 5.26. The molecule has 0 bridgehead atoms. The fraction of sp³-hybridized carbons (Fsp3) is 0.636. The SMILES string of the molecule is CC1CN(C)CCN1S(=O)(=O)c1ccc(CO)s1. The van der Waals surface area contributed by atoms with E-state index in [0.717, 1.165) is 24.4 Å². The normalized spacial score (nSPS) is 23.4. The summed E-state index contributed by atoms with van der Waals surface area (Å²) in [5.74, 6) is 0. The van der Waals surface area contributed by atoms with E-state index in [1.165, 1.54) is 0 Å². The number of aliphatic hydroxyl groups excluding tert-OH is 1. The van der Waals surface area contributed by atoms with E-state index < -0.39 is 10.0 Å². The first-order chi connectivity index (χ1) is 8.45. The van der Waals surface area contributed by atoms with Gasteiger partial charge in [-0.25, -0.2) is 8.42 Å². The number of hydrogen-bond acceptors (Lipinski definition) is 5. The van der Waals surface area contributed by atoms with E-state index >= 15 is 0 Å². The van der Waals surface area contributed by atoms with Crippen molar-refractivity contribution in [1.82, 2.24) is 9.21 Å². The molecule has 1 N–H and O–H groups in total. The van der Waals surface area contributed by atoms with Crippen molar-refractivity contribution in [2.24, 2.45) is 0 Å². The summed E-state index contributed by atoms with van der Waals surface area (Å²) in [6.45, 7) is 3.83. The van der Waals surface area contributed by atoms with Gasteiger partial charge in [0.1, 0.15) is 4.21 Å². The first kappa shape index (κ1) is 14.0. The van der Waals surface area contributed by atoms with Gasteiger partial charge in [0, 0.05) is 30.6 Å². The van der Waals surface area contributed by atoms with E-state index in [0.29, 0.717) is 15.6 Å². The predicted octanol–water partition coefficient (Wildman–Crippen LogP) is 0.565. The molecule has 0 spiro atoms. The topological polar surface area (TPSA) is 60.9 Å². The lowest BCUT2D eigenvalue weighted by Gasteiger charge is -2.36. The lowest BCUT2D eigenvalue weighted by atomic mass is 10.2. The Morgan fingerprint density at radius 3 is 2.72 bits per heavy atom. The smallest absolute Gasteiger partial charge is 0.252 e. The van der Waals surface area contributed by atoms with Crippen LogP contribution in [-0.4, -0.2) is 55.5 Å². The van der Waals surface area contributed by atoms with Crippen LogP contribution in [0.3, 0.4) is 0 Å². The predicted molar refractivity (Wildman–Crippen MR) is 71.1 cm³/mol. The average molecular weight is 290 g/mol. The number of likely N-dealkylation sites (N-methyl/N-ethyl adjacent to an activating group) is 1. The molecule has 7 heteroatoms. The van der Waals surface area contributed by atoms with Crippen LogP contribution in [-0.2, 0) is 16.6 Å². The third kappa shape index (κ3) is 2.60. The van der Waals surface area contributed by atoms with Gasteiger partial charge in [-0.15, -0.1) is 11.3 Å². The molecule has 0 aliphatic carbocycles. The van der Waals surface area contributed by atoms with E-state index in [4.69, 9.17) is 5.11 Å². The maximum Gasteiger partial charge on any atom is 0.252 e. The van der Waals surface area contributed by atoms with Gasteiger partial charge in [-0.1, -0.05) is 0 Å². The Bertz CT molecular complexity index is 512. The largest absolute Gasteiger partial charge is 0.391 e. The van der Waals surface area contributed by atoms with Crippen molar-refractivity contribution in [2.45, 2.75) is 23.8 Å². The Hall–Kier alpha value is -0.470. The van der Waals surface area contributed by atoms with E-state index in [2.05, 4.69) is 4.90 Å². The quantitative estimate of drug-likeness (QED) is 0.884. The summed E-state index contributed by atoms with van der Waals surface area (Å²) in [4.78, 5) is 2.81. The highest BCUT2D eigenvalue weighted by Gasteiger charge is 2.33. The first-order valence-electron chi connectivity index (χ1n) is 5.85. The van der Waals surface area contributed by atoms with Crippen molar-refractivity contribution < 1.29 is 13.5 Å². The minimum Gasteiger partial charge on any atom is -0.391 e. The van der Waals surface area contributed by atoms with Gasteiger partial charge in [0.2, 0.25) is 0 Å². The van der Waals surface area contributed by atoms with Crippen LogP contribution >= 0.6 is 11.3 Å². The van der Waals surface area contributed by atoms with E-state index in [9.17, 15) is 8.42 Å². The summed E-state index contributed by atoms with van der Waals surface area (Å²) in [5.41, 5.74) is 0. The maximum atomic E-state index is 12.5. The Balaban J connectivity index is 2.25. The lowest BCUT2D eigenvalue weighted by Crippen LogP contribution is -2.52. The van der Waals surface area contributed by atoms with Gasteiger partial charge in [0.15, 0.2) is 0 Å². The number of sulfonamides is 1. The first-order valence-corrected chi connectivity index (χ1v) is 8.10. The van der Waals surface area contributed by atoms with Crippen LogP contribution in [0.15, 0.2) is 16.3 Å². The monoisotopic (exact) mass is 290 g/mol. The van der Waals surface area contributed by atoms with Crippen LogP contribution in [0.25, 0.3) is 0 Å². The third-order valence-corrected chi connectivity index (χ3v) is 6.68. The molecule has 0 amide bonds. The van der Waals surface area contributed by atoms with E-state index in [1.54, 1.807) is 16.4 Å². The van der Waals surface area contributed by atoms with Gasteiger partial charge in [0.05, 0.1) is 6.61 Å². The molecular weight excluding hydrogens is 272 g/mol. The van der Waals surface area contributed by atoms with Gasteiger partial charge in [-0.3, -0.25) is 0 Å². The van der Waals surface area contributed by atoms with Gasteiger partial charge in [0.25, 0.3) is 10.0 Å². The van der Waals surface area contributed by atoms with Crippen molar-refractivity contribution in [3.8, 4) is 0 Å². The van der Waals surface area contributed by atoms with E-state index in [-0.39, 0.29) is 12.6 Å². The van der Waals surface area contributed by atoms with Gasteiger partial charge >= 0.3 is 0 Å². The number of aliphatic hydroxyl groups is 1. The van der Waals surface area contributed by atoms with Crippen molar-refractivity contribution in [1.29, 1.82) is 0 Å². The molecular formula is C11H18N2O3S2. The Morgan fingerprint density at radius 1 is 1.44 bits per heavy atom. The molecule has 0 saturated carbocycles. The molecule has 1 aromatic rings. The van der Waals surface area contributed by atoms with Crippen LogP contribution < -0.4 is 0 Å². The summed E-state index contributed by atoms with van der Waals surface area (Å²) < 4.78 is 26.8. The number of rotatable bonds is 3. The van der Waals surface area contributed by atoms with Crippen LogP contribution in [0, 0.1) is 0 Å². The highest BCUT2D eigenvalue weighted by atomic mass is 32.2. The zero-order valence-electron chi connectivity index (χ0n) is 10.5. The number of thiophene rings is 1. The highest BCUT2D eigenvalue weighted by molar-refractivity contribution is 7.91. The third-order valence-electron chi connectivity index (χ3n) is 3.13. The molecule has 1 aromatic heterocycles. The lowest BCUT2D eigenvalue weighted by molar-refractivity contribution is 0.170. The number of piperazine rings is 1. The standard InChI is InChI=1S/C11H18N2O3S2/c1-9-7-12(2)5-6-13(9)18(15,16)11-4-3-10(8-14)17-11/h3-4,9,14H,5-8H2,1-2H3. The molecule has 1 unspecified atom stereocenters.